The van der Waals surface area contributed by atoms with E-state index in [9.17, 15) is 43.5 Å². The molecule has 8 atom stereocenters. The van der Waals surface area contributed by atoms with Crippen LogP contribution in [0.1, 0.15) is 141 Å². The molecular weight excluding hydrogens is 1040 g/mol. The van der Waals surface area contributed by atoms with Crippen LogP contribution in [-0.4, -0.2) is 126 Å². The number of esters is 4. The Bertz CT molecular complexity index is 2810. The quantitative estimate of drug-likeness (QED) is 0.0497. The van der Waals surface area contributed by atoms with E-state index in [-0.39, 0.29) is 54.4 Å². The fraction of sp³-hybridized carbons (Fsp3) is 0.525. The Morgan fingerprint density at radius 3 is 1.70 bits per heavy atom. The zero-order valence-electron chi connectivity index (χ0n) is 46.8. The van der Waals surface area contributed by atoms with Crippen molar-refractivity contribution in [3.63, 3.8) is 0 Å². The average Bonchev–Trinajstić information content (AvgIpc) is 2.20. The second kappa shape index (κ2) is 25.2. The zero-order valence-corrected chi connectivity index (χ0v) is 46.8. The monoisotopic (exact) mass is 1110 g/mol. The molecule has 0 aromatic heterocycles. The first-order chi connectivity index (χ1) is 37.9. The summed E-state index contributed by atoms with van der Waals surface area (Å²) in [6.45, 7) is 13.9. The van der Waals surface area contributed by atoms with E-state index in [0.29, 0.717) is 44.2 Å². The lowest BCUT2D eigenvalue weighted by atomic mass is 9.50. The number of hydrogen-bond donors (Lipinski definition) is 3. The molecule has 80 heavy (non-hydrogen) atoms. The summed E-state index contributed by atoms with van der Waals surface area (Å²) in [6.07, 6.45) is -4.00. The van der Waals surface area contributed by atoms with Crippen LogP contribution >= 0.6 is 0 Å². The minimum Gasteiger partial charge on any atom is -0.504 e. The van der Waals surface area contributed by atoms with Gasteiger partial charge >= 0.3 is 36.2 Å². The van der Waals surface area contributed by atoms with Crippen LogP contribution in [0.3, 0.4) is 0 Å². The molecule has 0 saturated carbocycles. The van der Waals surface area contributed by atoms with Crippen molar-refractivity contribution in [2.45, 2.75) is 172 Å². The molecule has 1 saturated heterocycles. The van der Waals surface area contributed by atoms with Gasteiger partial charge in [0.25, 0.3) is 11.8 Å². The number of hydrogen-bond acceptors (Lipinski definition) is 19. The van der Waals surface area contributed by atoms with Gasteiger partial charge in [0.05, 0.1) is 37.5 Å². The molecule has 1 spiro atoms. The minimum absolute atomic E-state index is 0.0224. The number of unbranched alkanes of at least 4 members (excludes halogenated alkanes) is 2. The Kier molecular flexibility index (Phi) is 18.9. The first kappa shape index (κ1) is 60.0. The summed E-state index contributed by atoms with van der Waals surface area (Å²) in [5.41, 5.74) is -3.03. The summed E-state index contributed by atoms with van der Waals surface area (Å²) < 4.78 is 52.4. The van der Waals surface area contributed by atoms with Crippen LogP contribution in [0.15, 0.2) is 84.6 Å². The number of phenols is 1. The second-order valence-corrected chi connectivity index (χ2v) is 22.3. The van der Waals surface area contributed by atoms with Gasteiger partial charge in [-0.25, -0.2) is 19.2 Å². The van der Waals surface area contributed by atoms with Crippen LogP contribution in [-0.2, 0) is 78.5 Å². The van der Waals surface area contributed by atoms with Crippen molar-refractivity contribution in [3.8, 4) is 11.5 Å². The third-order valence-corrected chi connectivity index (χ3v) is 14.2. The maximum absolute atomic E-state index is 14.9. The lowest BCUT2D eigenvalue weighted by Crippen LogP contribution is -2.75. The Morgan fingerprint density at radius 1 is 0.713 bits per heavy atom. The predicted molar refractivity (Wildman–Crippen MR) is 284 cm³/mol. The number of phenolic OH excluding ortho intramolecular Hbond substituents is 1. The molecule has 432 valence electrons. The van der Waals surface area contributed by atoms with E-state index in [4.69, 9.17) is 42.6 Å². The van der Waals surface area contributed by atoms with Crippen LogP contribution in [0.25, 0.3) is 0 Å². The maximum atomic E-state index is 14.9. The fourth-order valence-corrected chi connectivity index (χ4v) is 10.6. The van der Waals surface area contributed by atoms with Gasteiger partial charge in [0.2, 0.25) is 12.2 Å². The molecule has 21 nitrogen and oxygen atoms in total. The number of benzene rings is 3. The largest absolute Gasteiger partial charge is 0.509 e. The zero-order chi connectivity index (χ0) is 58.2. The van der Waals surface area contributed by atoms with Crippen molar-refractivity contribution in [2.75, 3.05) is 26.8 Å². The Hall–Kier alpha value is -7.68. The molecule has 2 aliphatic carbocycles. The molecule has 0 radical (unpaired) electrons. The maximum Gasteiger partial charge on any atom is 0.509 e. The van der Waals surface area contributed by atoms with Crippen molar-refractivity contribution in [1.29, 1.82) is 0 Å². The van der Waals surface area contributed by atoms with Gasteiger partial charge in [0.15, 0.2) is 17.6 Å². The summed E-state index contributed by atoms with van der Waals surface area (Å²) in [5, 5.41) is 16.6. The van der Waals surface area contributed by atoms with Gasteiger partial charge in [0.1, 0.15) is 34.6 Å². The van der Waals surface area contributed by atoms with E-state index in [1.54, 1.807) is 96.1 Å². The number of carbonyl (C=O) groups is 8. The third kappa shape index (κ3) is 13.7. The molecule has 21 heteroatoms. The summed E-state index contributed by atoms with van der Waals surface area (Å²) in [6, 6.07) is 15.5. The van der Waals surface area contributed by atoms with Crippen molar-refractivity contribution >= 4 is 48.0 Å². The molecular formula is C59H73N3O18. The standard InChI is InChI=1S/C59H73N3O18/c1-10-12-30-72-52(68)38(60-50(66)46(35-20-16-14-17-21-35)76-54(70)79-56(3,4)5)33-43(64)74-41-26-27-59(42-32-37-24-25-40(63)48-45(37)58(59,49(41)75-48)28-29-62(42)9)78-44(65)34-39(53(69)73-31-13-11-2)61-51(67)47(36-22-18-15-19-23-36)77-55(71)80-57(6,7)8/h14-26,38-39,42,46-47,49,63H,10-13,27-34H2,1-9H3,(H,60,66)(H,61,67)/t38-,39-,42+,46-,47-,49-,58-,59+/m0/s1. The molecule has 1 fully saturated rings. The Balaban J connectivity index is 1.19. The third-order valence-electron chi connectivity index (χ3n) is 14.2. The van der Waals surface area contributed by atoms with Crippen LogP contribution in [0.2, 0.25) is 0 Å². The predicted octanol–water partition coefficient (Wildman–Crippen LogP) is 7.59. The second-order valence-electron chi connectivity index (χ2n) is 22.3. The molecule has 0 unspecified atom stereocenters. The number of likely N-dealkylation sites (N-methyl/N-ethyl adjacent to an activating group) is 1. The van der Waals surface area contributed by atoms with Crippen LogP contribution in [0.4, 0.5) is 9.59 Å². The molecule has 2 aliphatic heterocycles. The average molecular weight is 1110 g/mol. The summed E-state index contributed by atoms with van der Waals surface area (Å²) >= 11 is 0. The Morgan fingerprint density at radius 2 is 1.21 bits per heavy atom. The lowest BCUT2D eigenvalue weighted by Gasteiger charge is -2.62. The number of amides is 2. The molecule has 3 N–H and O–H groups in total. The van der Waals surface area contributed by atoms with Gasteiger partial charge in [0, 0.05) is 23.1 Å². The molecule has 2 amide bonds. The van der Waals surface area contributed by atoms with E-state index in [2.05, 4.69) is 10.6 Å². The fourth-order valence-electron chi connectivity index (χ4n) is 10.6. The number of aromatic hydroxyl groups is 1. The number of nitrogens with zero attached hydrogens (tertiary/aromatic N) is 1. The van der Waals surface area contributed by atoms with E-state index in [1.165, 1.54) is 24.3 Å². The topological polar surface area (TPSA) is 267 Å². The van der Waals surface area contributed by atoms with E-state index in [1.807, 2.05) is 25.8 Å². The van der Waals surface area contributed by atoms with Crippen LogP contribution in [0, 0.1) is 0 Å². The number of rotatable bonds is 22. The molecule has 7 rings (SSSR count). The van der Waals surface area contributed by atoms with Crippen molar-refractivity contribution < 1.29 is 86.1 Å². The first-order valence-corrected chi connectivity index (χ1v) is 27.1. The molecule has 2 bridgehead atoms. The summed E-state index contributed by atoms with van der Waals surface area (Å²) in [4.78, 5) is 113. The van der Waals surface area contributed by atoms with Gasteiger partial charge in [-0.3, -0.25) is 24.1 Å². The van der Waals surface area contributed by atoms with E-state index in [0.717, 1.165) is 5.56 Å². The smallest absolute Gasteiger partial charge is 0.504 e. The van der Waals surface area contributed by atoms with Gasteiger partial charge in [-0.15, -0.1) is 0 Å². The van der Waals surface area contributed by atoms with Crippen LogP contribution < -0.4 is 15.4 Å². The number of carbonyl (C=O) groups excluding carboxylic acids is 8. The highest BCUT2D eigenvalue weighted by atomic mass is 16.7. The highest BCUT2D eigenvalue weighted by Crippen LogP contribution is 2.66. The first-order valence-electron chi connectivity index (χ1n) is 27.1. The summed E-state index contributed by atoms with van der Waals surface area (Å²) in [7, 11) is 1.88. The summed E-state index contributed by atoms with van der Waals surface area (Å²) in [5.74, 6) is -5.94. The van der Waals surface area contributed by atoms with E-state index >= 15 is 0 Å². The van der Waals surface area contributed by atoms with Crippen molar-refractivity contribution in [3.05, 3.63) is 107 Å². The minimum atomic E-state index is -1.66. The Labute approximate surface area is 465 Å². The molecule has 3 aromatic carbocycles. The number of piperidine rings is 1. The van der Waals surface area contributed by atoms with Crippen molar-refractivity contribution in [1.82, 2.24) is 15.5 Å². The van der Waals surface area contributed by atoms with Crippen LogP contribution in [0.5, 0.6) is 11.5 Å². The number of nitrogens with one attached hydrogen (secondary N) is 2. The normalized spacial score (nSPS) is 21.2. The van der Waals surface area contributed by atoms with Crippen molar-refractivity contribution in [2.24, 2.45) is 0 Å². The highest BCUT2D eigenvalue weighted by Gasteiger charge is 2.74. The molecule has 3 aromatic rings. The lowest BCUT2D eigenvalue weighted by molar-refractivity contribution is -0.207. The molecule has 4 aliphatic rings. The van der Waals surface area contributed by atoms with E-state index < -0.39 is 119 Å². The van der Waals surface area contributed by atoms with Gasteiger partial charge in [-0.1, -0.05) is 93.4 Å². The number of ether oxygens (including phenoxy) is 9. The van der Waals surface area contributed by atoms with Gasteiger partial charge in [-0.2, -0.15) is 0 Å². The highest BCUT2D eigenvalue weighted by molar-refractivity contribution is 5.92. The SMILES string of the molecule is CCCCOC(=O)[C@H](CC(=O)OC1=CC[C@@]2(OC(=O)C[C@H](NC(=O)[C@@H](OC(=O)OC(C)(C)C)c3ccccc3)C(=O)OCCCC)[C@H]3Cc4ccc(O)c5c4[C@@]2(CCN3C)[C@H]1O5)NC(=O)[C@@H](OC(=O)OC(C)(C)C)c1ccccc1. The number of likely N-dealkylation sites (tertiary alicyclic amines) is 1. The molecule has 2 heterocycles. The van der Waals surface area contributed by atoms with Gasteiger partial charge < -0.3 is 58.4 Å². The van der Waals surface area contributed by atoms with Gasteiger partial charge in [-0.05, 0) is 98.5 Å².